The first-order chi connectivity index (χ1) is 14.4. The topological polar surface area (TPSA) is 76.9 Å². The van der Waals surface area contributed by atoms with Gasteiger partial charge in [-0.15, -0.1) is 0 Å². The smallest absolute Gasteiger partial charge is 0.277 e. The molecule has 1 atom stereocenters. The predicted molar refractivity (Wildman–Crippen MR) is 114 cm³/mol. The molecule has 0 fully saturated rings. The molecular formula is C22H16ClFN4O2. The molecule has 30 heavy (non-hydrogen) atoms. The predicted octanol–water partition coefficient (Wildman–Crippen LogP) is 4.45. The molecule has 6 nitrogen and oxygen atoms in total. The average Bonchev–Trinajstić information content (AvgIpc) is 2.74. The van der Waals surface area contributed by atoms with Gasteiger partial charge < -0.3 is 9.88 Å². The first-order valence-electron chi connectivity index (χ1n) is 9.12. The third-order valence-electron chi connectivity index (χ3n) is 4.72. The molecule has 0 saturated carbocycles. The molecule has 0 aliphatic rings. The molecular weight excluding hydrogens is 407 g/mol. The van der Waals surface area contributed by atoms with Crippen molar-refractivity contribution in [3.8, 4) is 11.3 Å². The zero-order chi connectivity index (χ0) is 21.3. The van der Waals surface area contributed by atoms with Gasteiger partial charge in [0.15, 0.2) is 0 Å². The highest BCUT2D eigenvalue weighted by molar-refractivity contribution is 6.31. The van der Waals surface area contributed by atoms with E-state index in [-0.39, 0.29) is 22.7 Å². The number of hydrogen-bond donors (Lipinski definition) is 1. The minimum absolute atomic E-state index is 0.235. The molecule has 0 unspecified atom stereocenters. The Morgan fingerprint density at radius 2 is 1.93 bits per heavy atom. The van der Waals surface area contributed by atoms with Crippen LogP contribution in [-0.2, 0) is 4.79 Å². The van der Waals surface area contributed by atoms with Crippen molar-refractivity contribution in [3.63, 3.8) is 0 Å². The molecule has 150 valence electrons. The van der Waals surface area contributed by atoms with Crippen molar-refractivity contribution in [3.05, 3.63) is 88.3 Å². The SMILES string of the molecule is C[C@H](C(=O)Nc1ccc(-c2ncccc2F)cc1)n1ccc2cc(Cl)cnc2c1=O. The third kappa shape index (κ3) is 3.79. The van der Waals surface area contributed by atoms with E-state index in [1.165, 1.54) is 29.1 Å². The number of nitrogens with one attached hydrogen (secondary N) is 1. The maximum absolute atomic E-state index is 13.9. The van der Waals surface area contributed by atoms with Gasteiger partial charge in [-0.2, -0.15) is 0 Å². The Balaban J connectivity index is 1.55. The Kier molecular flexibility index (Phi) is 5.29. The number of nitrogens with zero attached hydrogens (tertiary/aromatic N) is 3. The Hall–Kier alpha value is -3.58. The summed E-state index contributed by atoms with van der Waals surface area (Å²) in [5.41, 5.74) is 1.20. The summed E-state index contributed by atoms with van der Waals surface area (Å²) < 4.78 is 15.2. The summed E-state index contributed by atoms with van der Waals surface area (Å²) in [6.45, 7) is 1.62. The normalized spacial score (nSPS) is 12.0. The van der Waals surface area contributed by atoms with Crippen LogP contribution in [0.4, 0.5) is 10.1 Å². The van der Waals surface area contributed by atoms with Crippen molar-refractivity contribution in [1.29, 1.82) is 0 Å². The summed E-state index contributed by atoms with van der Waals surface area (Å²) in [4.78, 5) is 33.5. The molecule has 3 heterocycles. The van der Waals surface area contributed by atoms with E-state index in [1.54, 1.807) is 49.5 Å². The fraction of sp³-hybridized carbons (Fsp3) is 0.0909. The van der Waals surface area contributed by atoms with Gasteiger partial charge in [0.1, 0.15) is 23.1 Å². The van der Waals surface area contributed by atoms with E-state index in [9.17, 15) is 14.0 Å². The van der Waals surface area contributed by atoms with Crippen LogP contribution in [0, 0.1) is 5.82 Å². The zero-order valence-electron chi connectivity index (χ0n) is 15.8. The standard InChI is InChI=1S/C22H16ClFN4O2/c1-13(28-10-8-15-11-16(23)12-26-20(15)22(28)30)21(29)27-17-6-4-14(5-7-17)19-18(24)3-2-9-25-19/h2-13H,1H3,(H,27,29)/t13-/m1/s1. The van der Waals surface area contributed by atoms with Gasteiger partial charge in [0, 0.05) is 35.2 Å². The summed E-state index contributed by atoms with van der Waals surface area (Å²) >= 11 is 5.91. The molecule has 0 spiro atoms. The Morgan fingerprint density at radius 1 is 1.17 bits per heavy atom. The number of amides is 1. The fourth-order valence-corrected chi connectivity index (χ4v) is 3.27. The molecule has 1 aromatic carbocycles. The average molecular weight is 423 g/mol. The number of halogens is 2. The van der Waals surface area contributed by atoms with Crippen LogP contribution in [0.5, 0.6) is 0 Å². The van der Waals surface area contributed by atoms with E-state index in [0.29, 0.717) is 21.7 Å². The zero-order valence-corrected chi connectivity index (χ0v) is 16.6. The van der Waals surface area contributed by atoms with E-state index < -0.39 is 11.9 Å². The summed E-state index contributed by atoms with van der Waals surface area (Å²) in [5.74, 6) is -0.796. The largest absolute Gasteiger partial charge is 0.324 e. The highest BCUT2D eigenvalue weighted by Gasteiger charge is 2.18. The Bertz CT molecular complexity index is 1300. The number of carbonyl (C=O) groups excluding carboxylic acids is 1. The molecule has 1 N–H and O–H groups in total. The van der Waals surface area contributed by atoms with Crippen LogP contribution in [-0.4, -0.2) is 20.4 Å². The summed E-state index contributed by atoms with van der Waals surface area (Å²) in [6, 6.07) is 12.1. The van der Waals surface area contributed by atoms with Crippen molar-refractivity contribution in [1.82, 2.24) is 14.5 Å². The van der Waals surface area contributed by atoms with E-state index in [0.717, 1.165) is 0 Å². The van der Waals surface area contributed by atoms with Crippen molar-refractivity contribution in [2.24, 2.45) is 0 Å². The number of benzene rings is 1. The molecule has 0 aliphatic carbocycles. The van der Waals surface area contributed by atoms with Crippen LogP contribution in [0.3, 0.4) is 0 Å². The summed E-state index contributed by atoms with van der Waals surface area (Å²) in [6.07, 6.45) is 4.45. The van der Waals surface area contributed by atoms with Crippen molar-refractivity contribution < 1.29 is 9.18 Å². The van der Waals surface area contributed by atoms with Crippen LogP contribution in [0.1, 0.15) is 13.0 Å². The molecule has 8 heteroatoms. The van der Waals surface area contributed by atoms with Gasteiger partial charge in [-0.05, 0) is 43.3 Å². The van der Waals surface area contributed by atoms with E-state index in [2.05, 4.69) is 15.3 Å². The minimum atomic E-state index is -0.771. The van der Waals surface area contributed by atoms with E-state index in [1.807, 2.05) is 0 Å². The van der Waals surface area contributed by atoms with Gasteiger partial charge in [-0.3, -0.25) is 14.6 Å². The molecule has 4 aromatic rings. The third-order valence-corrected chi connectivity index (χ3v) is 4.92. The van der Waals surface area contributed by atoms with Crippen LogP contribution in [0.15, 0.2) is 71.9 Å². The van der Waals surface area contributed by atoms with E-state index in [4.69, 9.17) is 11.6 Å². The highest BCUT2D eigenvalue weighted by atomic mass is 35.5. The lowest BCUT2D eigenvalue weighted by molar-refractivity contribution is -0.118. The Morgan fingerprint density at radius 3 is 2.67 bits per heavy atom. The van der Waals surface area contributed by atoms with Crippen LogP contribution >= 0.6 is 11.6 Å². The van der Waals surface area contributed by atoms with Crippen LogP contribution in [0.25, 0.3) is 22.2 Å². The molecule has 1 amide bonds. The number of fused-ring (bicyclic) bond motifs is 1. The highest BCUT2D eigenvalue weighted by Crippen LogP contribution is 2.22. The lowest BCUT2D eigenvalue weighted by Gasteiger charge is -2.16. The second-order valence-electron chi connectivity index (χ2n) is 6.70. The number of rotatable bonds is 4. The van der Waals surface area contributed by atoms with E-state index >= 15 is 0 Å². The Labute approximate surface area is 176 Å². The summed E-state index contributed by atoms with van der Waals surface area (Å²) in [7, 11) is 0. The fourth-order valence-electron chi connectivity index (χ4n) is 3.10. The maximum Gasteiger partial charge on any atom is 0.277 e. The number of pyridine rings is 3. The number of hydrogen-bond acceptors (Lipinski definition) is 4. The minimum Gasteiger partial charge on any atom is -0.324 e. The van der Waals surface area contributed by atoms with Crippen molar-refractivity contribution in [2.75, 3.05) is 5.32 Å². The molecule has 0 aliphatic heterocycles. The first kappa shape index (κ1) is 19.7. The second kappa shape index (κ2) is 8.04. The van der Waals surface area contributed by atoms with Gasteiger partial charge in [-0.1, -0.05) is 23.7 Å². The lowest BCUT2D eigenvalue weighted by Crippen LogP contribution is -2.31. The quantitative estimate of drug-likeness (QED) is 0.527. The van der Waals surface area contributed by atoms with Crippen molar-refractivity contribution in [2.45, 2.75) is 13.0 Å². The summed E-state index contributed by atoms with van der Waals surface area (Å²) in [5, 5.41) is 3.80. The van der Waals surface area contributed by atoms with Gasteiger partial charge in [-0.25, -0.2) is 9.37 Å². The number of anilines is 1. The lowest BCUT2D eigenvalue weighted by atomic mass is 10.1. The van der Waals surface area contributed by atoms with Crippen LogP contribution < -0.4 is 10.9 Å². The number of aromatic nitrogens is 3. The van der Waals surface area contributed by atoms with Crippen LogP contribution in [0.2, 0.25) is 5.02 Å². The number of carbonyl (C=O) groups is 1. The van der Waals surface area contributed by atoms with Gasteiger partial charge in [0.25, 0.3) is 5.56 Å². The van der Waals surface area contributed by atoms with Gasteiger partial charge in [0.2, 0.25) is 5.91 Å². The molecule has 4 rings (SSSR count). The van der Waals surface area contributed by atoms with Crippen molar-refractivity contribution >= 4 is 34.1 Å². The molecule has 0 bridgehead atoms. The molecule has 0 saturated heterocycles. The monoisotopic (exact) mass is 422 g/mol. The maximum atomic E-state index is 13.9. The first-order valence-corrected chi connectivity index (χ1v) is 9.50. The van der Waals surface area contributed by atoms with Gasteiger partial charge in [0.05, 0.1) is 5.02 Å². The molecule has 3 aromatic heterocycles. The van der Waals surface area contributed by atoms with Gasteiger partial charge >= 0.3 is 0 Å². The molecule has 0 radical (unpaired) electrons. The second-order valence-corrected chi connectivity index (χ2v) is 7.13.